The monoisotopic (exact) mass is 282 g/mol. The minimum atomic E-state index is 0.394. The van der Waals surface area contributed by atoms with Gasteiger partial charge in [0, 0.05) is 17.6 Å². The van der Waals surface area contributed by atoms with Crippen LogP contribution in [-0.4, -0.2) is 11.5 Å². The van der Waals surface area contributed by atoms with E-state index in [0.717, 1.165) is 12.1 Å². The third kappa shape index (κ3) is 2.96. The van der Waals surface area contributed by atoms with Crippen molar-refractivity contribution >= 4 is 10.9 Å². The Kier molecular flexibility index (Phi) is 4.25. The van der Waals surface area contributed by atoms with Crippen LogP contribution in [0.15, 0.2) is 36.5 Å². The Morgan fingerprint density at radius 2 is 2.05 bits per heavy atom. The lowest BCUT2D eigenvalue weighted by Crippen LogP contribution is -2.35. The van der Waals surface area contributed by atoms with Crippen LogP contribution in [0.25, 0.3) is 10.9 Å². The largest absolute Gasteiger partial charge is 0.309 e. The fourth-order valence-electron chi connectivity index (χ4n) is 3.80. The summed E-state index contributed by atoms with van der Waals surface area (Å²) in [6, 6.07) is 11.4. The highest BCUT2D eigenvalue weighted by Crippen LogP contribution is 2.47. The quantitative estimate of drug-likeness (QED) is 0.847. The van der Waals surface area contributed by atoms with Crippen molar-refractivity contribution in [1.82, 2.24) is 10.3 Å². The molecule has 1 aromatic heterocycles. The van der Waals surface area contributed by atoms with E-state index >= 15 is 0 Å². The Bertz CT molecular complexity index is 599. The Morgan fingerprint density at radius 3 is 2.81 bits per heavy atom. The molecule has 0 radical (unpaired) electrons. The average molecular weight is 282 g/mol. The molecule has 0 bridgehead atoms. The van der Waals surface area contributed by atoms with Crippen LogP contribution in [0.1, 0.15) is 57.6 Å². The maximum absolute atomic E-state index is 4.44. The van der Waals surface area contributed by atoms with Gasteiger partial charge in [0.2, 0.25) is 0 Å². The molecule has 2 nitrogen and oxygen atoms in total. The number of fused-ring (bicyclic) bond motifs is 1. The van der Waals surface area contributed by atoms with Gasteiger partial charge >= 0.3 is 0 Å². The zero-order valence-corrected chi connectivity index (χ0v) is 13.2. The van der Waals surface area contributed by atoms with Crippen LogP contribution in [0.2, 0.25) is 0 Å². The molecule has 1 aromatic carbocycles. The standard InChI is InChI=1S/C19H26N2/c1-3-12-21-18(19(2)10-4-5-11-19)16-8-9-17-15(14-16)7-6-13-20-17/h6-9,13-14,18,21H,3-5,10-12H2,1-2H3. The first kappa shape index (κ1) is 14.5. The zero-order chi connectivity index (χ0) is 14.7. The molecular weight excluding hydrogens is 256 g/mol. The van der Waals surface area contributed by atoms with Gasteiger partial charge in [-0.25, -0.2) is 0 Å². The van der Waals surface area contributed by atoms with E-state index in [9.17, 15) is 0 Å². The first-order valence-electron chi connectivity index (χ1n) is 8.31. The average Bonchev–Trinajstić information content (AvgIpc) is 2.95. The van der Waals surface area contributed by atoms with E-state index in [1.807, 2.05) is 12.3 Å². The van der Waals surface area contributed by atoms with Crippen molar-refractivity contribution in [2.24, 2.45) is 5.41 Å². The summed E-state index contributed by atoms with van der Waals surface area (Å²) in [6.45, 7) is 5.79. The van der Waals surface area contributed by atoms with Crippen LogP contribution >= 0.6 is 0 Å². The number of nitrogens with zero attached hydrogens (tertiary/aromatic N) is 1. The molecule has 1 fully saturated rings. The van der Waals surface area contributed by atoms with Gasteiger partial charge in [-0.2, -0.15) is 0 Å². The predicted octanol–water partition coefficient (Wildman–Crippen LogP) is 4.86. The van der Waals surface area contributed by atoms with Crippen LogP contribution in [0, 0.1) is 5.41 Å². The van der Waals surface area contributed by atoms with Gasteiger partial charge in [-0.15, -0.1) is 0 Å². The van der Waals surface area contributed by atoms with Crippen LogP contribution in [0.5, 0.6) is 0 Å². The summed E-state index contributed by atoms with van der Waals surface area (Å²) < 4.78 is 0. The second-order valence-electron chi connectivity index (χ2n) is 6.70. The maximum Gasteiger partial charge on any atom is 0.0702 e. The summed E-state index contributed by atoms with van der Waals surface area (Å²) in [5, 5.41) is 5.06. The molecule has 1 atom stereocenters. The lowest BCUT2D eigenvalue weighted by Gasteiger charge is -2.35. The number of nitrogens with one attached hydrogen (secondary N) is 1. The predicted molar refractivity (Wildman–Crippen MR) is 89.4 cm³/mol. The Morgan fingerprint density at radius 1 is 1.24 bits per heavy atom. The molecule has 1 aliphatic carbocycles. The summed E-state index contributed by atoms with van der Waals surface area (Å²) >= 11 is 0. The second-order valence-corrected chi connectivity index (χ2v) is 6.70. The molecule has 3 rings (SSSR count). The Labute approximate surface area is 128 Å². The highest BCUT2D eigenvalue weighted by Gasteiger charge is 2.37. The molecule has 1 heterocycles. The van der Waals surface area contributed by atoms with Crippen molar-refractivity contribution in [2.75, 3.05) is 6.54 Å². The molecule has 0 aliphatic heterocycles. The van der Waals surface area contributed by atoms with Gasteiger partial charge in [-0.1, -0.05) is 38.8 Å². The van der Waals surface area contributed by atoms with E-state index < -0.39 is 0 Å². The van der Waals surface area contributed by atoms with E-state index in [0.29, 0.717) is 11.5 Å². The third-order valence-electron chi connectivity index (χ3n) is 5.00. The first-order valence-corrected chi connectivity index (χ1v) is 8.31. The number of hydrogen-bond acceptors (Lipinski definition) is 2. The Hall–Kier alpha value is -1.41. The molecule has 1 N–H and O–H groups in total. The molecule has 0 saturated heterocycles. The molecule has 2 heteroatoms. The molecule has 2 aromatic rings. The fourth-order valence-corrected chi connectivity index (χ4v) is 3.80. The second kappa shape index (κ2) is 6.15. The Balaban J connectivity index is 1.96. The highest BCUT2D eigenvalue weighted by molar-refractivity contribution is 5.79. The summed E-state index contributed by atoms with van der Waals surface area (Å²) in [4.78, 5) is 4.44. The van der Waals surface area contributed by atoms with E-state index in [4.69, 9.17) is 0 Å². The number of rotatable bonds is 5. The van der Waals surface area contributed by atoms with Crippen molar-refractivity contribution < 1.29 is 0 Å². The molecule has 1 unspecified atom stereocenters. The molecule has 0 amide bonds. The summed E-state index contributed by atoms with van der Waals surface area (Å²) in [5.74, 6) is 0. The smallest absolute Gasteiger partial charge is 0.0702 e. The summed E-state index contributed by atoms with van der Waals surface area (Å²) in [7, 11) is 0. The minimum Gasteiger partial charge on any atom is -0.309 e. The zero-order valence-electron chi connectivity index (χ0n) is 13.2. The van der Waals surface area contributed by atoms with Crippen molar-refractivity contribution in [1.29, 1.82) is 0 Å². The molecule has 1 saturated carbocycles. The first-order chi connectivity index (χ1) is 10.2. The third-order valence-corrected chi connectivity index (χ3v) is 5.00. The van der Waals surface area contributed by atoms with E-state index in [1.165, 1.54) is 43.1 Å². The fraction of sp³-hybridized carbons (Fsp3) is 0.526. The van der Waals surface area contributed by atoms with E-state index in [2.05, 4.69) is 48.4 Å². The van der Waals surface area contributed by atoms with E-state index in [1.54, 1.807) is 0 Å². The van der Waals surface area contributed by atoms with Gasteiger partial charge in [-0.3, -0.25) is 4.98 Å². The van der Waals surface area contributed by atoms with Crippen molar-refractivity contribution in [3.05, 3.63) is 42.1 Å². The molecular formula is C19H26N2. The molecule has 21 heavy (non-hydrogen) atoms. The normalized spacial score (nSPS) is 19.0. The topological polar surface area (TPSA) is 24.9 Å². The lowest BCUT2D eigenvalue weighted by molar-refractivity contribution is 0.224. The van der Waals surface area contributed by atoms with Gasteiger partial charge < -0.3 is 5.32 Å². The minimum absolute atomic E-state index is 0.394. The van der Waals surface area contributed by atoms with Gasteiger partial charge in [-0.05, 0) is 55.0 Å². The highest BCUT2D eigenvalue weighted by atomic mass is 14.9. The van der Waals surface area contributed by atoms with Gasteiger partial charge in [0.1, 0.15) is 0 Å². The van der Waals surface area contributed by atoms with Crippen molar-refractivity contribution in [2.45, 2.75) is 52.0 Å². The van der Waals surface area contributed by atoms with Crippen molar-refractivity contribution in [3.63, 3.8) is 0 Å². The van der Waals surface area contributed by atoms with Gasteiger partial charge in [0.15, 0.2) is 0 Å². The maximum atomic E-state index is 4.44. The van der Waals surface area contributed by atoms with Crippen LogP contribution in [-0.2, 0) is 0 Å². The molecule has 1 aliphatic rings. The van der Waals surface area contributed by atoms with Crippen LogP contribution < -0.4 is 5.32 Å². The van der Waals surface area contributed by atoms with Crippen LogP contribution in [0.4, 0.5) is 0 Å². The van der Waals surface area contributed by atoms with Gasteiger partial charge in [0.25, 0.3) is 0 Å². The number of hydrogen-bond donors (Lipinski definition) is 1. The number of pyridine rings is 1. The van der Waals surface area contributed by atoms with E-state index in [-0.39, 0.29) is 0 Å². The summed E-state index contributed by atoms with van der Waals surface area (Å²) in [6.07, 6.45) is 8.46. The molecule has 0 spiro atoms. The lowest BCUT2D eigenvalue weighted by atomic mass is 9.77. The molecule has 112 valence electrons. The number of aromatic nitrogens is 1. The summed E-state index contributed by atoms with van der Waals surface area (Å²) in [5.41, 5.74) is 2.91. The van der Waals surface area contributed by atoms with Gasteiger partial charge in [0.05, 0.1) is 5.52 Å². The van der Waals surface area contributed by atoms with Crippen molar-refractivity contribution in [3.8, 4) is 0 Å². The number of benzene rings is 1. The SMILES string of the molecule is CCCNC(c1ccc2ncccc2c1)C1(C)CCCC1. The van der Waals surface area contributed by atoms with Crippen LogP contribution in [0.3, 0.4) is 0 Å².